The second-order valence-corrected chi connectivity index (χ2v) is 10.0. The third kappa shape index (κ3) is 8.31. The number of carbonyl (C=O) groups excluding carboxylic acids is 4. The first-order valence-electron chi connectivity index (χ1n) is 12.9. The summed E-state index contributed by atoms with van der Waals surface area (Å²) in [5.74, 6) is -2.44. The molecule has 0 aromatic rings. The number of hydrogen-bond donors (Lipinski definition) is 3. The first-order chi connectivity index (χ1) is 18.8. The van der Waals surface area contributed by atoms with Gasteiger partial charge in [-0.15, -0.1) is 0 Å². The smallest absolute Gasteiger partial charge is 0.405 e. The molecule has 0 unspecified atom stereocenters. The molecule has 2 amide bonds. The van der Waals surface area contributed by atoms with Crippen LogP contribution in [-0.2, 0) is 33.3 Å². The summed E-state index contributed by atoms with van der Waals surface area (Å²) in [6, 6.07) is 0. The van der Waals surface area contributed by atoms with Gasteiger partial charge in [0.2, 0.25) is 5.78 Å². The number of Topliss-reactive ketones (excluding diaryl/α,β-unsaturated/α-hetero) is 1. The minimum absolute atomic E-state index is 0.0970. The normalized spacial score (nSPS) is 34.4. The second kappa shape index (κ2) is 14.8. The highest BCUT2D eigenvalue weighted by Gasteiger charge is 2.35. The van der Waals surface area contributed by atoms with Crippen LogP contribution in [0.5, 0.6) is 0 Å². The van der Waals surface area contributed by atoms with Crippen molar-refractivity contribution in [3.8, 4) is 0 Å². The number of ether oxygens (including phenoxy) is 4. The van der Waals surface area contributed by atoms with Crippen LogP contribution < -0.4 is 11.1 Å². The SMILES string of the molecule is CO[C@H]1/C=C/C=C(\C)C(=O)NC2=CC(=O)C=C(C2=O)[C@H](OC)[C@@H](C)C[C@H](OC)[C@H](O)[C@@H](C)/C=C(\C)[C@@H]1OC(N)=O. The lowest BCUT2D eigenvalue weighted by Gasteiger charge is -2.32. The van der Waals surface area contributed by atoms with Gasteiger partial charge in [0.15, 0.2) is 11.9 Å². The predicted molar refractivity (Wildman–Crippen MR) is 147 cm³/mol. The number of aliphatic hydroxyl groups excluding tert-OH is 1. The van der Waals surface area contributed by atoms with Gasteiger partial charge in [0.25, 0.3) is 5.91 Å². The van der Waals surface area contributed by atoms with E-state index in [1.54, 1.807) is 26.0 Å². The van der Waals surface area contributed by atoms with Crippen LogP contribution in [0.3, 0.4) is 0 Å². The van der Waals surface area contributed by atoms with Crippen molar-refractivity contribution < 1.29 is 43.2 Å². The Morgan fingerprint density at radius 2 is 1.70 bits per heavy atom. The quantitative estimate of drug-likeness (QED) is 0.345. The molecule has 11 nitrogen and oxygen atoms in total. The first kappa shape index (κ1) is 32.8. The standard InChI is InChI=1S/C29H40N2O9/c1-15-9-8-10-22(37-5)27(40-29(30)36)17(3)11-16(2)24(33)23(38-6)12-18(4)26(39-7)20-13-19(32)14-21(25(20)34)31-28(15)35/h8-11,13-14,16,18,22-24,26-27,33H,12H2,1-7H3,(H2,30,36)(H,31,35)/b10-8+,15-9+,17-11+/t16-,18-,22-,23-,24+,26+,27-/m0/s1. The highest BCUT2D eigenvalue weighted by Crippen LogP contribution is 2.29. The maximum absolute atomic E-state index is 13.3. The van der Waals surface area contributed by atoms with E-state index < -0.39 is 60.0 Å². The summed E-state index contributed by atoms with van der Waals surface area (Å²) >= 11 is 0. The Kier molecular flexibility index (Phi) is 12.2. The molecule has 4 N–H and O–H groups in total. The Bertz CT molecular complexity index is 1130. The van der Waals surface area contributed by atoms with E-state index >= 15 is 0 Å². The molecule has 0 fully saturated rings. The van der Waals surface area contributed by atoms with E-state index in [1.165, 1.54) is 46.5 Å². The molecule has 0 spiro atoms. The van der Waals surface area contributed by atoms with Gasteiger partial charge in [-0.3, -0.25) is 14.4 Å². The van der Waals surface area contributed by atoms with Crippen LogP contribution in [-0.4, -0.2) is 80.5 Å². The van der Waals surface area contributed by atoms with Crippen molar-refractivity contribution in [1.29, 1.82) is 0 Å². The zero-order valence-corrected chi connectivity index (χ0v) is 24.0. The van der Waals surface area contributed by atoms with Gasteiger partial charge in [-0.05, 0) is 37.8 Å². The van der Waals surface area contributed by atoms with Gasteiger partial charge in [0.05, 0.1) is 24.0 Å². The van der Waals surface area contributed by atoms with Crippen LogP contribution in [0.2, 0.25) is 0 Å². The van der Waals surface area contributed by atoms with Crippen molar-refractivity contribution in [2.24, 2.45) is 17.6 Å². The Morgan fingerprint density at radius 3 is 2.27 bits per heavy atom. The molecule has 1 aliphatic heterocycles. The molecular formula is C29H40N2O9. The van der Waals surface area contributed by atoms with E-state index in [-0.39, 0.29) is 29.2 Å². The molecule has 0 aromatic carbocycles. The maximum atomic E-state index is 13.3. The number of aliphatic hydroxyl groups is 1. The van der Waals surface area contributed by atoms with Crippen LogP contribution in [0.25, 0.3) is 0 Å². The van der Waals surface area contributed by atoms with Gasteiger partial charge in [-0.25, -0.2) is 4.79 Å². The molecule has 2 aliphatic rings. The molecule has 0 radical (unpaired) electrons. The van der Waals surface area contributed by atoms with E-state index in [1.807, 2.05) is 6.92 Å². The highest BCUT2D eigenvalue weighted by atomic mass is 16.6. The van der Waals surface area contributed by atoms with E-state index in [0.717, 1.165) is 6.08 Å². The number of rotatable bonds is 4. The molecule has 1 heterocycles. The molecule has 1 aliphatic carbocycles. The topological polar surface area (TPSA) is 163 Å². The lowest BCUT2D eigenvalue weighted by atomic mass is 9.84. The Morgan fingerprint density at radius 1 is 1.02 bits per heavy atom. The minimum Gasteiger partial charge on any atom is -0.439 e. The van der Waals surface area contributed by atoms with Crippen LogP contribution in [0, 0.1) is 11.8 Å². The molecule has 2 rings (SSSR count). The molecule has 7 atom stereocenters. The van der Waals surface area contributed by atoms with Crippen LogP contribution in [0.4, 0.5) is 4.79 Å². The number of carbonyl (C=O) groups is 4. The fourth-order valence-corrected chi connectivity index (χ4v) is 4.86. The number of hydrogen-bond acceptors (Lipinski definition) is 9. The van der Waals surface area contributed by atoms with Crippen LogP contribution in [0.1, 0.15) is 34.1 Å². The average Bonchev–Trinajstić information content (AvgIpc) is 2.90. The number of ketones is 2. The molecule has 0 saturated carbocycles. The highest BCUT2D eigenvalue weighted by molar-refractivity contribution is 6.22. The van der Waals surface area contributed by atoms with E-state index in [9.17, 15) is 24.3 Å². The third-order valence-corrected chi connectivity index (χ3v) is 7.04. The third-order valence-electron chi connectivity index (χ3n) is 7.04. The number of nitrogens with two attached hydrogens (primary N) is 1. The van der Waals surface area contributed by atoms with E-state index in [0.29, 0.717) is 5.57 Å². The van der Waals surface area contributed by atoms with Crippen molar-refractivity contribution in [3.63, 3.8) is 0 Å². The second-order valence-electron chi connectivity index (χ2n) is 10.0. The molecular weight excluding hydrogens is 520 g/mol. The van der Waals surface area contributed by atoms with E-state index in [4.69, 9.17) is 24.7 Å². The van der Waals surface area contributed by atoms with Crippen molar-refractivity contribution in [3.05, 3.63) is 58.9 Å². The summed E-state index contributed by atoms with van der Waals surface area (Å²) in [7, 11) is 4.31. The zero-order valence-electron chi connectivity index (χ0n) is 24.0. The van der Waals surface area contributed by atoms with Crippen LogP contribution in [0.15, 0.2) is 58.9 Å². The van der Waals surface area contributed by atoms with Gasteiger partial charge < -0.3 is 35.1 Å². The Hall–Kier alpha value is -3.38. The van der Waals surface area contributed by atoms with Crippen molar-refractivity contribution in [1.82, 2.24) is 5.32 Å². The molecule has 40 heavy (non-hydrogen) atoms. The number of methoxy groups -OCH3 is 3. The number of amides is 2. The first-order valence-corrected chi connectivity index (χ1v) is 12.9. The Balaban J connectivity index is 2.62. The number of fused-ring (bicyclic) bond motifs is 2. The fourth-order valence-electron chi connectivity index (χ4n) is 4.86. The predicted octanol–water partition coefficient (Wildman–Crippen LogP) is 2.06. The maximum Gasteiger partial charge on any atom is 0.405 e. The van der Waals surface area contributed by atoms with Crippen molar-refractivity contribution >= 4 is 23.6 Å². The summed E-state index contributed by atoms with van der Waals surface area (Å²) in [4.78, 5) is 50.4. The number of primary amides is 1. The molecule has 0 saturated heterocycles. The summed E-state index contributed by atoms with van der Waals surface area (Å²) in [6.07, 6.45) is 3.68. The summed E-state index contributed by atoms with van der Waals surface area (Å²) in [6.45, 7) is 6.86. The Labute approximate surface area is 234 Å². The van der Waals surface area contributed by atoms with Gasteiger partial charge in [-0.1, -0.05) is 38.2 Å². The zero-order chi connectivity index (χ0) is 30.1. The largest absolute Gasteiger partial charge is 0.439 e. The summed E-state index contributed by atoms with van der Waals surface area (Å²) in [5, 5.41) is 13.7. The molecule has 11 heteroatoms. The van der Waals surface area contributed by atoms with Gasteiger partial charge in [0, 0.05) is 44.5 Å². The van der Waals surface area contributed by atoms with E-state index in [2.05, 4.69) is 5.32 Å². The van der Waals surface area contributed by atoms with Crippen molar-refractivity contribution in [2.75, 3.05) is 21.3 Å². The van der Waals surface area contributed by atoms with Crippen molar-refractivity contribution in [2.45, 2.75) is 64.6 Å². The van der Waals surface area contributed by atoms with Gasteiger partial charge in [-0.2, -0.15) is 0 Å². The molecule has 2 bridgehead atoms. The molecule has 220 valence electrons. The number of allylic oxidation sites excluding steroid dienone is 5. The average molecular weight is 561 g/mol. The number of nitrogens with one attached hydrogen (secondary N) is 1. The lowest BCUT2D eigenvalue weighted by Crippen LogP contribution is -2.40. The molecule has 0 aromatic heterocycles. The van der Waals surface area contributed by atoms with Gasteiger partial charge >= 0.3 is 6.09 Å². The fraction of sp³-hybridized carbons (Fsp3) is 0.517. The van der Waals surface area contributed by atoms with Gasteiger partial charge in [0.1, 0.15) is 6.10 Å². The monoisotopic (exact) mass is 560 g/mol. The van der Waals surface area contributed by atoms with Crippen LogP contribution >= 0.6 is 0 Å². The lowest BCUT2D eigenvalue weighted by molar-refractivity contribution is -0.120. The minimum atomic E-state index is -1.01. The summed E-state index contributed by atoms with van der Waals surface area (Å²) in [5.41, 5.74) is 6.06. The summed E-state index contributed by atoms with van der Waals surface area (Å²) < 4.78 is 22.1.